The van der Waals surface area contributed by atoms with E-state index in [1.165, 1.54) is 44.9 Å². The van der Waals surface area contributed by atoms with Crippen LogP contribution in [0.2, 0.25) is 0 Å². The Morgan fingerprint density at radius 1 is 1.21 bits per heavy atom. The summed E-state index contributed by atoms with van der Waals surface area (Å²) in [7, 11) is 0. The Hall–Kier alpha value is -1.48. The minimum absolute atomic E-state index is 0.469. The lowest BCUT2D eigenvalue weighted by Gasteiger charge is -2.25. The van der Waals surface area contributed by atoms with Gasteiger partial charge in [-0.1, -0.05) is 44.7 Å². The van der Waals surface area contributed by atoms with Gasteiger partial charge >= 0.3 is 0 Å². The van der Waals surface area contributed by atoms with Gasteiger partial charge in [-0.15, -0.1) is 0 Å². The molecule has 4 rings (SSSR count). The maximum atomic E-state index is 10.2. The van der Waals surface area contributed by atoms with E-state index in [2.05, 4.69) is 11.9 Å². The van der Waals surface area contributed by atoms with Gasteiger partial charge in [0.15, 0.2) is 0 Å². The Balaban J connectivity index is 0.000000176. The third-order valence-corrected chi connectivity index (χ3v) is 6.41. The fourth-order valence-corrected chi connectivity index (χ4v) is 3.79. The lowest BCUT2D eigenvalue weighted by Crippen LogP contribution is -2.15. The van der Waals surface area contributed by atoms with Crippen LogP contribution in [0.1, 0.15) is 90.7 Å². The second-order valence-corrected chi connectivity index (χ2v) is 9.82. The molecule has 0 aliphatic heterocycles. The van der Waals surface area contributed by atoms with Crippen LogP contribution in [0, 0.1) is 24.2 Å². The molecule has 3 fully saturated rings. The number of rotatable bonds is 3. The zero-order valence-corrected chi connectivity index (χ0v) is 18.7. The first-order valence-electron chi connectivity index (χ1n) is 10.9. The van der Waals surface area contributed by atoms with E-state index < -0.39 is 5.60 Å². The predicted octanol–water partition coefficient (Wildman–Crippen LogP) is 6.52. The fraction of sp³-hybridized carbons (Fsp3) is 0.680. The number of carbonyl (C=O) groups is 1. The van der Waals surface area contributed by atoms with Crippen molar-refractivity contribution in [3.05, 3.63) is 29.3 Å². The number of nitrogens with zero attached hydrogens (tertiary/aromatic N) is 1. The molecule has 156 valence electrons. The number of aliphatic hydroxyl groups is 1. The van der Waals surface area contributed by atoms with Crippen molar-refractivity contribution >= 4 is 17.7 Å². The predicted molar refractivity (Wildman–Crippen MR) is 118 cm³/mol. The Morgan fingerprint density at radius 2 is 1.82 bits per heavy atom. The molecule has 0 radical (unpaired) electrons. The highest BCUT2D eigenvalue weighted by Crippen LogP contribution is 2.64. The Morgan fingerprint density at radius 3 is 2.07 bits per heavy atom. The van der Waals surface area contributed by atoms with Gasteiger partial charge in [0.25, 0.3) is 0 Å². The SMILES string of the molecule is CC(C)=Nc1ccc(C(C)(C)O)cc1C.CC1CCC1.O=CC1CC12CCC2. The lowest BCUT2D eigenvalue weighted by molar-refractivity contribution is -0.109. The van der Waals surface area contributed by atoms with Crippen molar-refractivity contribution in [3.63, 3.8) is 0 Å². The largest absolute Gasteiger partial charge is 0.386 e. The van der Waals surface area contributed by atoms with Gasteiger partial charge in [-0.2, -0.15) is 0 Å². The Labute approximate surface area is 171 Å². The maximum absolute atomic E-state index is 10.2. The van der Waals surface area contributed by atoms with Gasteiger partial charge in [0.05, 0.1) is 11.3 Å². The van der Waals surface area contributed by atoms with Crippen molar-refractivity contribution in [2.24, 2.45) is 22.2 Å². The number of hydrogen-bond donors (Lipinski definition) is 1. The van der Waals surface area contributed by atoms with E-state index in [4.69, 9.17) is 0 Å². The number of carbonyl (C=O) groups excluding carboxylic acids is 1. The molecule has 3 aliphatic rings. The van der Waals surface area contributed by atoms with Gasteiger partial charge in [0.1, 0.15) is 6.29 Å². The lowest BCUT2D eigenvalue weighted by atomic mass is 9.80. The number of hydrogen-bond acceptors (Lipinski definition) is 3. The average Bonchev–Trinajstić information content (AvgIpc) is 3.30. The summed E-state index contributed by atoms with van der Waals surface area (Å²) in [5.41, 5.74) is 3.82. The Bertz CT molecular complexity index is 687. The number of aliphatic imine (C=N–C) groups is 1. The van der Waals surface area contributed by atoms with Crippen molar-refractivity contribution in [2.75, 3.05) is 0 Å². The van der Waals surface area contributed by atoms with Crippen molar-refractivity contribution < 1.29 is 9.90 Å². The minimum Gasteiger partial charge on any atom is -0.386 e. The van der Waals surface area contributed by atoms with Gasteiger partial charge in [-0.05, 0) is 82.4 Å². The second-order valence-electron chi connectivity index (χ2n) is 9.82. The molecule has 28 heavy (non-hydrogen) atoms. The van der Waals surface area contributed by atoms with Gasteiger partial charge in [-0.25, -0.2) is 0 Å². The normalized spacial score (nSPS) is 21.8. The van der Waals surface area contributed by atoms with Crippen molar-refractivity contribution in [2.45, 2.75) is 92.1 Å². The molecule has 0 heterocycles. The van der Waals surface area contributed by atoms with Crippen LogP contribution >= 0.6 is 0 Å². The van der Waals surface area contributed by atoms with E-state index in [-0.39, 0.29) is 0 Å². The zero-order valence-electron chi connectivity index (χ0n) is 18.7. The summed E-state index contributed by atoms with van der Waals surface area (Å²) in [5.74, 6) is 1.53. The highest BCUT2D eigenvalue weighted by Gasteiger charge is 2.57. The van der Waals surface area contributed by atoms with Crippen LogP contribution in [0.4, 0.5) is 5.69 Å². The monoisotopic (exact) mass is 385 g/mol. The summed E-state index contributed by atoms with van der Waals surface area (Å²) >= 11 is 0. The van der Waals surface area contributed by atoms with E-state index in [0.29, 0.717) is 11.3 Å². The van der Waals surface area contributed by atoms with Crippen LogP contribution in [-0.4, -0.2) is 17.1 Å². The molecule has 0 bridgehead atoms. The van der Waals surface area contributed by atoms with Gasteiger partial charge in [0.2, 0.25) is 0 Å². The first-order chi connectivity index (χ1) is 13.1. The van der Waals surface area contributed by atoms with Crippen molar-refractivity contribution in [3.8, 4) is 0 Å². The van der Waals surface area contributed by atoms with E-state index in [9.17, 15) is 9.90 Å². The van der Waals surface area contributed by atoms with E-state index in [0.717, 1.165) is 34.7 Å². The zero-order chi connectivity index (χ0) is 20.9. The summed E-state index contributed by atoms with van der Waals surface area (Å²) in [6, 6.07) is 5.87. The summed E-state index contributed by atoms with van der Waals surface area (Å²) in [6.07, 6.45) is 10.8. The maximum Gasteiger partial charge on any atom is 0.123 e. The molecule has 0 amide bonds. The molecule has 0 saturated heterocycles. The van der Waals surface area contributed by atoms with Crippen molar-refractivity contribution in [1.29, 1.82) is 0 Å². The standard InChI is InChI=1S/C13H19NO.C7H10O.C5H10/c1-9(2)14-12-7-6-11(8-10(12)3)13(4,5)15;8-5-6-4-7(6)2-1-3-7;1-5-3-2-4-5/h6-8,15H,1-5H3;5-6H,1-4H2;5H,2-4H2,1H3. The Kier molecular flexibility index (Phi) is 7.61. The summed E-state index contributed by atoms with van der Waals surface area (Å²) in [5, 5.41) is 9.85. The second kappa shape index (κ2) is 9.35. The van der Waals surface area contributed by atoms with Gasteiger partial charge in [-0.3, -0.25) is 4.99 Å². The molecule has 1 atom stereocenters. The van der Waals surface area contributed by atoms with Crippen LogP contribution in [0.5, 0.6) is 0 Å². The van der Waals surface area contributed by atoms with Gasteiger partial charge < -0.3 is 9.90 Å². The quantitative estimate of drug-likeness (QED) is 0.476. The number of aldehydes is 1. The van der Waals surface area contributed by atoms with Crippen molar-refractivity contribution in [1.82, 2.24) is 0 Å². The first-order valence-corrected chi connectivity index (χ1v) is 10.9. The summed E-state index contributed by atoms with van der Waals surface area (Å²) in [4.78, 5) is 14.6. The number of aryl methyl sites for hydroxylation is 1. The summed E-state index contributed by atoms with van der Waals surface area (Å²) in [6.45, 7) is 11.8. The molecule has 1 N–H and O–H groups in total. The van der Waals surface area contributed by atoms with Crippen LogP contribution < -0.4 is 0 Å². The fourth-order valence-electron chi connectivity index (χ4n) is 3.79. The highest BCUT2D eigenvalue weighted by atomic mass is 16.3. The molecular formula is C25H39NO2. The van der Waals surface area contributed by atoms with E-state index in [1.807, 2.05) is 39.0 Å². The van der Waals surface area contributed by atoms with Crippen LogP contribution in [0.15, 0.2) is 23.2 Å². The molecule has 1 aromatic rings. The van der Waals surface area contributed by atoms with E-state index in [1.54, 1.807) is 13.8 Å². The van der Waals surface area contributed by atoms with Crippen LogP contribution in [0.25, 0.3) is 0 Å². The molecule has 0 aromatic heterocycles. The highest BCUT2D eigenvalue weighted by molar-refractivity contribution is 5.82. The molecule has 3 aliphatic carbocycles. The van der Waals surface area contributed by atoms with Gasteiger partial charge in [0, 0.05) is 11.6 Å². The van der Waals surface area contributed by atoms with E-state index >= 15 is 0 Å². The number of benzene rings is 1. The average molecular weight is 386 g/mol. The smallest absolute Gasteiger partial charge is 0.123 e. The van der Waals surface area contributed by atoms with Crippen LogP contribution in [0.3, 0.4) is 0 Å². The molecule has 1 aromatic carbocycles. The molecule has 3 heteroatoms. The topological polar surface area (TPSA) is 49.7 Å². The summed E-state index contributed by atoms with van der Waals surface area (Å²) < 4.78 is 0. The van der Waals surface area contributed by atoms with Crippen LogP contribution in [-0.2, 0) is 10.4 Å². The third-order valence-electron chi connectivity index (χ3n) is 6.41. The third kappa shape index (κ3) is 6.27. The molecular weight excluding hydrogens is 346 g/mol. The minimum atomic E-state index is -0.783. The molecule has 1 unspecified atom stereocenters. The molecule has 3 saturated carbocycles. The molecule has 1 spiro atoms. The molecule has 3 nitrogen and oxygen atoms in total. The first kappa shape index (κ1) is 22.8.